The Kier molecular flexibility index (Phi) is 6.36. The van der Waals surface area contributed by atoms with Crippen LogP contribution in [0.5, 0.6) is 0 Å². The Labute approximate surface area is 143 Å². The van der Waals surface area contributed by atoms with Gasteiger partial charge in [-0.15, -0.1) is 12.4 Å². The zero-order valence-corrected chi connectivity index (χ0v) is 14.9. The number of carbonyl (C=O) groups is 1. The van der Waals surface area contributed by atoms with E-state index in [4.69, 9.17) is 5.73 Å². The fourth-order valence-electron chi connectivity index (χ4n) is 2.18. The lowest BCUT2D eigenvalue weighted by atomic mass is 10.1. The highest BCUT2D eigenvalue weighted by Crippen LogP contribution is 2.09. The molecule has 1 amide bonds. The van der Waals surface area contributed by atoms with Gasteiger partial charge in [0.2, 0.25) is 0 Å². The third-order valence-corrected chi connectivity index (χ3v) is 3.36. The average Bonchev–Trinajstić information content (AvgIpc) is 2.74. The fraction of sp³-hybridized carbons (Fsp3) is 0.412. The molecule has 2 aromatic rings. The maximum Gasteiger partial charge on any atom is 0.251 e. The highest BCUT2D eigenvalue weighted by molar-refractivity contribution is 5.94. The second-order valence-electron chi connectivity index (χ2n) is 6.45. The van der Waals surface area contributed by atoms with E-state index in [1.807, 2.05) is 56.6 Å². The number of aryl methyl sites for hydroxylation is 2. The van der Waals surface area contributed by atoms with E-state index in [1.165, 1.54) is 0 Å². The van der Waals surface area contributed by atoms with Crippen molar-refractivity contribution in [3.05, 3.63) is 52.8 Å². The van der Waals surface area contributed by atoms with Crippen molar-refractivity contribution >= 4 is 18.3 Å². The summed E-state index contributed by atoms with van der Waals surface area (Å²) in [6.07, 6.45) is 0. The second-order valence-corrected chi connectivity index (χ2v) is 6.45. The largest absolute Gasteiger partial charge is 0.350 e. The van der Waals surface area contributed by atoms with Crippen LogP contribution in [0.15, 0.2) is 30.3 Å². The molecule has 0 saturated heterocycles. The minimum absolute atomic E-state index is 0. The van der Waals surface area contributed by atoms with E-state index in [2.05, 4.69) is 16.5 Å². The third kappa shape index (κ3) is 5.69. The SMILES string of the molecule is Cc1cc(C)n(Cc2ccc(C(=O)NCC(C)(C)N)cc2)n1.Cl. The monoisotopic (exact) mass is 336 g/mol. The summed E-state index contributed by atoms with van der Waals surface area (Å²) >= 11 is 0. The Morgan fingerprint density at radius 2 is 1.87 bits per heavy atom. The zero-order chi connectivity index (χ0) is 16.3. The molecule has 1 heterocycles. The number of benzene rings is 1. The standard InChI is InChI=1S/C17H24N4O.ClH/c1-12-9-13(2)21(20-12)10-14-5-7-15(8-6-14)16(22)19-11-17(3,4)18;/h5-9H,10-11,18H2,1-4H3,(H,19,22);1H. The van der Waals surface area contributed by atoms with Crippen molar-refractivity contribution in [1.29, 1.82) is 0 Å². The van der Waals surface area contributed by atoms with Crippen molar-refractivity contribution in [3.63, 3.8) is 0 Å². The molecule has 6 heteroatoms. The molecule has 0 fully saturated rings. The smallest absolute Gasteiger partial charge is 0.251 e. The molecule has 0 radical (unpaired) electrons. The van der Waals surface area contributed by atoms with Gasteiger partial charge in [0.05, 0.1) is 12.2 Å². The normalized spacial score (nSPS) is 11.0. The van der Waals surface area contributed by atoms with Gasteiger partial charge >= 0.3 is 0 Å². The van der Waals surface area contributed by atoms with Gasteiger partial charge in [-0.2, -0.15) is 5.10 Å². The molecule has 0 unspecified atom stereocenters. The topological polar surface area (TPSA) is 72.9 Å². The van der Waals surface area contributed by atoms with Crippen molar-refractivity contribution in [1.82, 2.24) is 15.1 Å². The zero-order valence-electron chi connectivity index (χ0n) is 14.1. The summed E-state index contributed by atoms with van der Waals surface area (Å²) in [7, 11) is 0. The van der Waals surface area contributed by atoms with Gasteiger partial charge in [0.25, 0.3) is 5.91 Å². The van der Waals surface area contributed by atoms with Gasteiger partial charge in [0, 0.05) is 23.3 Å². The Balaban J connectivity index is 0.00000264. The van der Waals surface area contributed by atoms with Gasteiger partial charge in [-0.05, 0) is 51.5 Å². The molecule has 3 N–H and O–H groups in total. The van der Waals surface area contributed by atoms with Crippen molar-refractivity contribution in [3.8, 4) is 0 Å². The molecule has 0 aliphatic carbocycles. The van der Waals surface area contributed by atoms with Crippen LogP contribution in [0.2, 0.25) is 0 Å². The van der Waals surface area contributed by atoms with Gasteiger partial charge in [0.1, 0.15) is 0 Å². The molecule has 0 saturated carbocycles. The van der Waals surface area contributed by atoms with Crippen LogP contribution in [0.3, 0.4) is 0 Å². The summed E-state index contributed by atoms with van der Waals surface area (Å²) in [5.41, 5.74) is 9.35. The number of hydrogen-bond acceptors (Lipinski definition) is 3. The van der Waals surface area contributed by atoms with Crippen LogP contribution in [-0.4, -0.2) is 27.8 Å². The van der Waals surface area contributed by atoms with Crippen LogP contribution in [-0.2, 0) is 6.54 Å². The maximum absolute atomic E-state index is 12.0. The summed E-state index contributed by atoms with van der Waals surface area (Å²) in [5, 5.41) is 7.28. The molecule has 0 aliphatic rings. The van der Waals surface area contributed by atoms with Crippen LogP contribution >= 0.6 is 12.4 Å². The number of nitrogens with zero attached hydrogens (tertiary/aromatic N) is 2. The van der Waals surface area contributed by atoms with Crippen LogP contribution in [0.25, 0.3) is 0 Å². The van der Waals surface area contributed by atoms with Gasteiger partial charge in [-0.3, -0.25) is 9.48 Å². The van der Waals surface area contributed by atoms with Crippen LogP contribution in [0, 0.1) is 13.8 Å². The first-order chi connectivity index (χ1) is 10.2. The van der Waals surface area contributed by atoms with Gasteiger partial charge in [-0.25, -0.2) is 0 Å². The predicted molar refractivity (Wildman–Crippen MR) is 95.1 cm³/mol. The predicted octanol–water partition coefficient (Wildman–Crippen LogP) is 2.44. The highest BCUT2D eigenvalue weighted by atomic mass is 35.5. The lowest BCUT2D eigenvalue weighted by molar-refractivity contribution is 0.0946. The molecule has 23 heavy (non-hydrogen) atoms. The fourth-order valence-corrected chi connectivity index (χ4v) is 2.18. The van der Waals surface area contributed by atoms with E-state index < -0.39 is 5.54 Å². The van der Waals surface area contributed by atoms with E-state index >= 15 is 0 Å². The first-order valence-corrected chi connectivity index (χ1v) is 7.42. The van der Waals surface area contributed by atoms with Crippen LogP contribution < -0.4 is 11.1 Å². The molecule has 0 atom stereocenters. The number of nitrogens with two attached hydrogens (primary N) is 1. The van der Waals surface area contributed by atoms with E-state index in [-0.39, 0.29) is 18.3 Å². The van der Waals surface area contributed by atoms with Crippen LogP contribution in [0.1, 0.15) is 41.2 Å². The maximum atomic E-state index is 12.0. The molecule has 1 aromatic heterocycles. The molecular formula is C17H25ClN4O. The number of amides is 1. The molecule has 0 aliphatic heterocycles. The van der Waals surface area contributed by atoms with Crippen molar-refractivity contribution in [2.24, 2.45) is 5.73 Å². The number of hydrogen-bond donors (Lipinski definition) is 2. The van der Waals surface area contributed by atoms with E-state index in [0.29, 0.717) is 18.7 Å². The summed E-state index contributed by atoms with van der Waals surface area (Å²) in [6, 6.07) is 9.63. The third-order valence-electron chi connectivity index (χ3n) is 3.36. The summed E-state index contributed by atoms with van der Waals surface area (Å²) < 4.78 is 1.96. The molecule has 1 aromatic carbocycles. The summed E-state index contributed by atoms with van der Waals surface area (Å²) in [4.78, 5) is 12.0. The van der Waals surface area contributed by atoms with E-state index in [0.717, 1.165) is 17.0 Å². The molecule has 5 nitrogen and oxygen atoms in total. The molecule has 126 valence electrons. The Bertz CT molecular complexity index is 656. The number of halogens is 1. The molecule has 0 spiro atoms. The average molecular weight is 337 g/mol. The molecule has 0 bridgehead atoms. The summed E-state index contributed by atoms with van der Waals surface area (Å²) in [6.45, 7) is 8.93. The number of carbonyl (C=O) groups excluding carboxylic acids is 1. The minimum Gasteiger partial charge on any atom is -0.350 e. The Morgan fingerprint density at radius 3 is 2.35 bits per heavy atom. The van der Waals surface area contributed by atoms with Crippen molar-refractivity contribution in [2.75, 3.05) is 6.54 Å². The van der Waals surface area contributed by atoms with E-state index in [9.17, 15) is 4.79 Å². The summed E-state index contributed by atoms with van der Waals surface area (Å²) in [5.74, 6) is -0.101. The second kappa shape index (κ2) is 7.62. The van der Waals surface area contributed by atoms with Gasteiger partial charge in [0.15, 0.2) is 0 Å². The Morgan fingerprint density at radius 1 is 1.26 bits per heavy atom. The first kappa shape index (κ1) is 19.2. The lowest BCUT2D eigenvalue weighted by Gasteiger charge is -2.18. The number of aromatic nitrogens is 2. The van der Waals surface area contributed by atoms with Crippen molar-refractivity contribution in [2.45, 2.75) is 39.8 Å². The quantitative estimate of drug-likeness (QED) is 0.880. The Hall–Kier alpha value is -1.85. The first-order valence-electron chi connectivity index (χ1n) is 7.42. The lowest BCUT2D eigenvalue weighted by Crippen LogP contribution is -2.45. The number of nitrogens with one attached hydrogen (secondary N) is 1. The highest BCUT2D eigenvalue weighted by Gasteiger charge is 2.13. The van der Waals surface area contributed by atoms with E-state index in [1.54, 1.807) is 0 Å². The molecule has 2 rings (SSSR count). The minimum atomic E-state index is -0.412. The van der Waals surface area contributed by atoms with Gasteiger partial charge in [-0.1, -0.05) is 12.1 Å². The number of rotatable bonds is 5. The van der Waals surface area contributed by atoms with Gasteiger partial charge < -0.3 is 11.1 Å². The van der Waals surface area contributed by atoms with Crippen molar-refractivity contribution < 1.29 is 4.79 Å². The van der Waals surface area contributed by atoms with Crippen LogP contribution in [0.4, 0.5) is 0 Å². The molecular weight excluding hydrogens is 312 g/mol.